The van der Waals surface area contributed by atoms with E-state index in [2.05, 4.69) is 10.7 Å². The molecule has 1 aliphatic rings. The third kappa shape index (κ3) is 5.26. The van der Waals surface area contributed by atoms with Gasteiger partial charge in [0.15, 0.2) is 0 Å². The van der Waals surface area contributed by atoms with Crippen molar-refractivity contribution in [1.82, 2.24) is 14.9 Å². The van der Waals surface area contributed by atoms with Crippen LogP contribution in [0.4, 0.5) is 0 Å². The van der Waals surface area contributed by atoms with Gasteiger partial charge in [-0.05, 0) is 49.8 Å². The van der Waals surface area contributed by atoms with Crippen molar-refractivity contribution in [2.45, 2.75) is 32.2 Å². The number of nitrogens with one attached hydrogen (secondary N) is 1. The maximum Gasteiger partial charge on any atom is 0.306 e. The van der Waals surface area contributed by atoms with Crippen LogP contribution in [-0.4, -0.2) is 33.1 Å². The van der Waals surface area contributed by atoms with E-state index in [0.717, 1.165) is 40.0 Å². The number of hydrogen-bond acceptors (Lipinski definition) is 4. The molecule has 35 heavy (non-hydrogen) atoms. The van der Waals surface area contributed by atoms with E-state index < -0.39 is 5.97 Å². The van der Waals surface area contributed by atoms with E-state index >= 15 is 0 Å². The molecule has 2 heterocycles. The second kappa shape index (κ2) is 10.2. The lowest BCUT2D eigenvalue weighted by Gasteiger charge is -2.26. The summed E-state index contributed by atoms with van der Waals surface area (Å²) in [6.07, 6.45) is 4.92. The Bertz CT molecular complexity index is 1360. The zero-order valence-corrected chi connectivity index (χ0v) is 20.7. The van der Waals surface area contributed by atoms with Gasteiger partial charge in [-0.25, -0.2) is 4.98 Å². The molecule has 0 saturated heterocycles. The summed E-state index contributed by atoms with van der Waals surface area (Å²) in [7, 11) is 0. The first-order valence-corrected chi connectivity index (χ1v) is 13.0. The average Bonchev–Trinajstić information content (AvgIpc) is 3.50. The van der Waals surface area contributed by atoms with Gasteiger partial charge in [-0.1, -0.05) is 41.9 Å². The molecule has 2 aromatic heterocycles. The maximum atomic E-state index is 13.2. The first-order valence-electron chi connectivity index (χ1n) is 11.8. The molecule has 0 spiro atoms. The van der Waals surface area contributed by atoms with Gasteiger partial charge < -0.3 is 15.0 Å². The number of carboxylic acid groups (broad SMARTS) is 1. The van der Waals surface area contributed by atoms with Gasteiger partial charge in [-0.3, -0.25) is 9.59 Å². The maximum absolute atomic E-state index is 13.2. The van der Waals surface area contributed by atoms with Crippen LogP contribution in [0.15, 0.2) is 60.1 Å². The summed E-state index contributed by atoms with van der Waals surface area (Å²) in [5.41, 5.74) is 3.39. The molecular weight excluding hydrogens is 482 g/mol. The van der Waals surface area contributed by atoms with Crippen LogP contribution in [0.1, 0.15) is 41.7 Å². The summed E-state index contributed by atoms with van der Waals surface area (Å²) >= 11 is 7.95. The van der Waals surface area contributed by atoms with Crippen LogP contribution in [0.5, 0.6) is 0 Å². The summed E-state index contributed by atoms with van der Waals surface area (Å²) in [4.78, 5) is 29.2. The lowest BCUT2D eigenvalue weighted by molar-refractivity contribution is -0.143. The van der Waals surface area contributed by atoms with E-state index in [-0.39, 0.29) is 11.8 Å². The molecule has 1 fully saturated rings. The minimum Gasteiger partial charge on any atom is -0.481 e. The highest BCUT2D eigenvalue weighted by Gasteiger charge is 2.26. The number of carbonyl (C=O) groups excluding carboxylic acids is 1. The smallest absolute Gasteiger partial charge is 0.306 e. The van der Waals surface area contributed by atoms with E-state index in [1.807, 2.05) is 53.2 Å². The highest BCUT2D eigenvalue weighted by molar-refractivity contribution is 7.13. The molecule has 180 valence electrons. The first kappa shape index (κ1) is 23.6. The number of aliphatic carboxylic acids is 1. The van der Waals surface area contributed by atoms with E-state index in [1.165, 1.54) is 0 Å². The normalized spacial score (nSPS) is 18.0. The monoisotopic (exact) mass is 507 g/mol. The van der Waals surface area contributed by atoms with E-state index in [9.17, 15) is 14.7 Å². The summed E-state index contributed by atoms with van der Waals surface area (Å²) in [6.45, 7) is 1.08. The number of halogens is 1. The Labute approximate surface area is 212 Å². The number of nitrogens with zero attached hydrogens (tertiary/aromatic N) is 2. The molecular formula is C27H26ClN3O3S. The number of carboxylic acids is 1. The fraction of sp³-hybridized carbons (Fsp3) is 0.296. The number of hydrogen-bond donors (Lipinski definition) is 2. The number of aromatic nitrogens is 2. The molecule has 4 aromatic rings. The van der Waals surface area contributed by atoms with Crippen LogP contribution in [0.3, 0.4) is 0 Å². The minimum absolute atomic E-state index is 0.166. The number of benzene rings is 2. The van der Waals surface area contributed by atoms with Gasteiger partial charge in [0.1, 0.15) is 5.01 Å². The molecule has 8 heteroatoms. The van der Waals surface area contributed by atoms with Crippen molar-refractivity contribution in [1.29, 1.82) is 0 Å². The molecule has 6 nitrogen and oxygen atoms in total. The van der Waals surface area contributed by atoms with Gasteiger partial charge >= 0.3 is 5.97 Å². The Morgan fingerprint density at radius 2 is 1.89 bits per heavy atom. The number of amides is 1. The predicted molar refractivity (Wildman–Crippen MR) is 139 cm³/mol. The van der Waals surface area contributed by atoms with Gasteiger partial charge in [0.2, 0.25) is 0 Å². The quantitative estimate of drug-likeness (QED) is 0.317. The van der Waals surface area contributed by atoms with Crippen molar-refractivity contribution in [3.63, 3.8) is 0 Å². The van der Waals surface area contributed by atoms with E-state index in [0.29, 0.717) is 42.4 Å². The second-order valence-corrected chi connectivity index (χ2v) is 10.4. The summed E-state index contributed by atoms with van der Waals surface area (Å²) < 4.78 is 2.04. The Balaban J connectivity index is 1.33. The van der Waals surface area contributed by atoms with Crippen molar-refractivity contribution >= 4 is 45.7 Å². The number of carbonyl (C=O) groups is 2. The van der Waals surface area contributed by atoms with Gasteiger partial charge in [0, 0.05) is 34.1 Å². The second-order valence-electron chi connectivity index (χ2n) is 9.11. The topological polar surface area (TPSA) is 84.2 Å². The molecule has 0 aliphatic heterocycles. The van der Waals surface area contributed by atoms with Crippen LogP contribution in [-0.2, 0) is 11.3 Å². The first-order chi connectivity index (χ1) is 17.0. The predicted octanol–water partition coefficient (Wildman–Crippen LogP) is 6.09. The molecule has 0 atom stereocenters. The van der Waals surface area contributed by atoms with Crippen LogP contribution in [0, 0.1) is 11.8 Å². The molecule has 2 N–H and O–H groups in total. The fourth-order valence-electron chi connectivity index (χ4n) is 4.83. The number of rotatable bonds is 7. The Morgan fingerprint density at radius 3 is 2.63 bits per heavy atom. The minimum atomic E-state index is -0.717. The SMILES string of the molecule is O=C(NCC1CCC(C(=O)O)CC1)c1cc(Cl)cc2ccn(Cc3csc(-c4ccccc4)n3)c12. The van der Waals surface area contributed by atoms with Crippen LogP contribution >= 0.6 is 22.9 Å². The molecule has 1 amide bonds. The van der Waals surface area contributed by atoms with Crippen molar-refractivity contribution in [2.75, 3.05) is 6.54 Å². The summed E-state index contributed by atoms with van der Waals surface area (Å²) in [6, 6.07) is 15.6. The summed E-state index contributed by atoms with van der Waals surface area (Å²) in [5.74, 6) is -0.847. The largest absolute Gasteiger partial charge is 0.481 e. The highest BCUT2D eigenvalue weighted by atomic mass is 35.5. The fourth-order valence-corrected chi connectivity index (χ4v) is 5.87. The zero-order valence-electron chi connectivity index (χ0n) is 19.1. The number of thiazole rings is 1. The van der Waals surface area contributed by atoms with E-state index in [4.69, 9.17) is 16.6 Å². The van der Waals surface area contributed by atoms with Gasteiger partial charge in [-0.15, -0.1) is 11.3 Å². The van der Waals surface area contributed by atoms with Gasteiger partial charge in [0.25, 0.3) is 5.91 Å². The summed E-state index contributed by atoms with van der Waals surface area (Å²) in [5, 5.41) is 16.7. The molecule has 0 unspecified atom stereocenters. The zero-order chi connectivity index (χ0) is 24.4. The van der Waals surface area contributed by atoms with Crippen molar-refractivity contribution < 1.29 is 14.7 Å². The lowest BCUT2D eigenvalue weighted by atomic mass is 9.82. The molecule has 2 aromatic carbocycles. The standard InChI is InChI=1S/C27H26ClN3O3S/c28-21-12-20-10-11-31(15-22-16-35-26(30-22)18-4-2-1-3-5-18)24(20)23(13-21)25(32)29-14-17-6-8-19(9-7-17)27(33)34/h1-5,10-13,16-17,19H,6-9,14-15H2,(H,29,32)(H,33,34). The van der Waals surface area contributed by atoms with Crippen LogP contribution in [0.2, 0.25) is 5.02 Å². The molecule has 1 aliphatic carbocycles. The molecule has 5 rings (SSSR count). The van der Waals surface area contributed by atoms with Gasteiger partial charge in [-0.2, -0.15) is 0 Å². The van der Waals surface area contributed by atoms with Crippen molar-refractivity contribution in [2.24, 2.45) is 11.8 Å². The lowest BCUT2D eigenvalue weighted by Crippen LogP contribution is -2.32. The Kier molecular flexibility index (Phi) is 6.88. The van der Waals surface area contributed by atoms with Gasteiger partial charge in [0.05, 0.1) is 29.2 Å². The Morgan fingerprint density at radius 1 is 1.11 bits per heavy atom. The average molecular weight is 508 g/mol. The highest BCUT2D eigenvalue weighted by Crippen LogP contribution is 2.30. The van der Waals surface area contributed by atoms with E-state index in [1.54, 1.807) is 17.4 Å². The number of fused-ring (bicyclic) bond motifs is 1. The molecule has 1 saturated carbocycles. The van der Waals surface area contributed by atoms with Crippen molar-refractivity contribution in [3.05, 3.63) is 76.4 Å². The molecule has 0 bridgehead atoms. The Hall–Kier alpha value is -3.16. The van der Waals surface area contributed by atoms with Crippen molar-refractivity contribution in [3.8, 4) is 10.6 Å². The van der Waals surface area contributed by atoms with Crippen LogP contribution < -0.4 is 5.32 Å². The van der Waals surface area contributed by atoms with Crippen LogP contribution in [0.25, 0.3) is 21.5 Å². The third-order valence-electron chi connectivity index (χ3n) is 6.72. The third-order valence-corrected chi connectivity index (χ3v) is 7.88. The molecule has 0 radical (unpaired) electrons.